The first-order valence-electron chi connectivity index (χ1n) is 3.25. The third-order valence-corrected chi connectivity index (χ3v) is 1.52. The fraction of sp³-hybridized carbons (Fsp3) is 0.200. The van der Waals surface area contributed by atoms with Crippen LogP contribution in [0.4, 0.5) is 11.5 Å². The van der Waals surface area contributed by atoms with Crippen LogP contribution < -0.4 is 22.6 Å². The molecule has 1 rings (SSSR count). The molecule has 1 heterocycles. The summed E-state index contributed by atoms with van der Waals surface area (Å²) < 4.78 is 0.135. The Hall–Kier alpha value is -2.12. The quantitative estimate of drug-likeness (QED) is 0.343. The SMILES string of the molecule is CN=c1c(N)c(N)n(O)c(=O)n1O. The maximum absolute atomic E-state index is 11.0. The second kappa shape index (κ2) is 2.73. The predicted octanol–water partition coefficient (Wildman–Crippen LogP) is -2.18. The van der Waals surface area contributed by atoms with Gasteiger partial charge in [-0.05, 0) is 0 Å². The van der Waals surface area contributed by atoms with Crippen LogP contribution in [-0.4, -0.2) is 26.9 Å². The minimum absolute atomic E-state index is 0.0318. The zero-order chi connectivity index (χ0) is 10.2. The summed E-state index contributed by atoms with van der Waals surface area (Å²) >= 11 is 0. The molecule has 1 aromatic rings. The number of aromatic nitrogens is 2. The molecule has 0 aromatic carbocycles. The number of nitrogen functional groups attached to an aromatic ring is 2. The molecule has 0 aliphatic rings. The van der Waals surface area contributed by atoms with Gasteiger partial charge in [0.2, 0.25) is 0 Å². The molecule has 8 nitrogen and oxygen atoms in total. The zero-order valence-electron chi connectivity index (χ0n) is 6.80. The van der Waals surface area contributed by atoms with Gasteiger partial charge in [-0.2, -0.15) is 0 Å². The van der Waals surface area contributed by atoms with E-state index in [4.69, 9.17) is 21.9 Å². The highest BCUT2D eigenvalue weighted by atomic mass is 16.5. The summed E-state index contributed by atoms with van der Waals surface area (Å²) in [4.78, 5) is 14.5. The minimum atomic E-state index is -1.13. The smallest absolute Gasteiger partial charge is 0.397 e. The van der Waals surface area contributed by atoms with Gasteiger partial charge < -0.3 is 21.9 Å². The van der Waals surface area contributed by atoms with E-state index in [9.17, 15) is 4.79 Å². The van der Waals surface area contributed by atoms with E-state index in [-0.39, 0.29) is 26.5 Å². The lowest BCUT2D eigenvalue weighted by molar-refractivity contribution is 0.105. The van der Waals surface area contributed by atoms with Crippen LogP contribution in [0.3, 0.4) is 0 Å². The van der Waals surface area contributed by atoms with Crippen molar-refractivity contribution < 1.29 is 10.4 Å². The summed E-state index contributed by atoms with van der Waals surface area (Å²) in [6, 6.07) is 0. The van der Waals surface area contributed by atoms with Crippen molar-refractivity contribution in [3.8, 4) is 0 Å². The van der Waals surface area contributed by atoms with E-state index in [1.165, 1.54) is 7.05 Å². The van der Waals surface area contributed by atoms with Crippen molar-refractivity contribution in [2.75, 3.05) is 18.5 Å². The molecule has 0 amide bonds. The van der Waals surface area contributed by atoms with Gasteiger partial charge >= 0.3 is 5.69 Å². The Morgan fingerprint density at radius 1 is 1.31 bits per heavy atom. The molecule has 0 spiro atoms. The Labute approximate surface area is 71.9 Å². The van der Waals surface area contributed by atoms with Crippen LogP contribution in [-0.2, 0) is 0 Å². The van der Waals surface area contributed by atoms with Crippen LogP contribution in [0.5, 0.6) is 0 Å². The van der Waals surface area contributed by atoms with Gasteiger partial charge in [-0.1, -0.05) is 0 Å². The van der Waals surface area contributed by atoms with Crippen LogP contribution in [0, 0.1) is 0 Å². The van der Waals surface area contributed by atoms with E-state index < -0.39 is 5.69 Å². The Bertz CT molecular complexity index is 456. The Kier molecular flexibility index (Phi) is 1.89. The van der Waals surface area contributed by atoms with Crippen LogP contribution in [0.2, 0.25) is 0 Å². The zero-order valence-corrected chi connectivity index (χ0v) is 6.80. The fourth-order valence-corrected chi connectivity index (χ4v) is 0.841. The topological polar surface area (TPSA) is 132 Å². The Morgan fingerprint density at radius 2 is 1.85 bits per heavy atom. The summed E-state index contributed by atoms with van der Waals surface area (Å²) in [7, 11) is 1.32. The lowest BCUT2D eigenvalue weighted by Gasteiger charge is -2.06. The average Bonchev–Trinajstić information content (AvgIpc) is 2.13. The molecule has 0 radical (unpaired) electrons. The van der Waals surface area contributed by atoms with Gasteiger partial charge in [-0.15, -0.1) is 9.46 Å². The predicted molar refractivity (Wildman–Crippen MR) is 43.4 cm³/mol. The molecule has 0 fully saturated rings. The maximum atomic E-state index is 11.0. The summed E-state index contributed by atoms with van der Waals surface area (Å²) in [6.07, 6.45) is 0. The first-order valence-corrected chi connectivity index (χ1v) is 3.25. The van der Waals surface area contributed by atoms with E-state index >= 15 is 0 Å². The van der Waals surface area contributed by atoms with Gasteiger partial charge in [-0.3, -0.25) is 4.99 Å². The lowest BCUT2D eigenvalue weighted by Crippen LogP contribution is -2.41. The van der Waals surface area contributed by atoms with Crippen molar-refractivity contribution in [1.82, 2.24) is 9.46 Å². The molecule has 0 aliphatic heterocycles. The van der Waals surface area contributed by atoms with Crippen LogP contribution >= 0.6 is 0 Å². The lowest BCUT2D eigenvalue weighted by atomic mass is 10.5. The van der Waals surface area contributed by atoms with E-state index in [0.717, 1.165) is 0 Å². The summed E-state index contributed by atoms with van der Waals surface area (Å²) in [5.74, 6) is -0.365. The summed E-state index contributed by atoms with van der Waals surface area (Å²) in [6.45, 7) is 0. The number of nitrogens with two attached hydrogens (primary N) is 2. The van der Waals surface area contributed by atoms with Crippen molar-refractivity contribution in [3.05, 3.63) is 16.0 Å². The highest BCUT2D eigenvalue weighted by molar-refractivity contribution is 5.55. The third-order valence-electron chi connectivity index (χ3n) is 1.52. The minimum Gasteiger partial charge on any atom is -0.422 e. The van der Waals surface area contributed by atoms with Crippen molar-refractivity contribution >= 4 is 11.5 Å². The number of rotatable bonds is 0. The van der Waals surface area contributed by atoms with Crippen molar-refractivity contribution in [3.63, 3.8) is 0 Å². The Morgan fingerprint density at radius 3 is 2.31 bits per heavy atom. The molecule has 6 N–H and O–H groups in total. The monoisotopic (exact) mass is 187 g/mol. The third kappa shape index (κ3) is 1.08. The van der Waals surface area contributed by atoms with Crippen LogP contribution in [0.15, 0.2) is 9.79 Å². The van der Waals surface area contributed by atoms with Crippen molar-refractivity contribution in [2.24, 2.45) is 4.99 Å². The molecular weight excluding hydrogens is 178 g/mol. The molecule has 13 heavy (non-hydrogen) atoms. The molecule has 0 unspecified atom stereocenters. The molecule has 0 atom stereocenters. The standard InChI is InChI=1S/C5H9N5O3/c1-8-4-2(6)3(7)9(12)5(11)10(4)13/h12-13H,6-7H2,1H3. The van der Waals surface area contributed by atoms with Gasteiger partial charge in [0.25, 0.3) is 0 Å². The molecule has 0 saturated carbocycles. The van der Waals surface area contributed by atoms with Gasteiger partial charge in [0.1, 0.15) is 5.69 Å². The maximum Gasteiger partial charge on any atom is 0.397 e. The van der Waals surface area contributed by atoms with Gasteiger partial charge in [-0.25, -0.2) is 4.79 Å². The van der Waals surface area contributed by atoms with E-state index in [1.54, 1.807) is 0 Å². The first kappa shape index (κ1) is 8.97. The molecule has 1 aromatic heterocycles. The molecule has 0 saturated heterocycles. The Balaban J connectivity index is 3.90. The van der Waals surface area contributed by atoms with E-state index in [0.29, 0.717) is 0 Å². The fourth-order valence-electron chi connectivity index (χ4n) is 0.841. The number of anilines is 2. The summed E-state index contributed by atoms with van der Waals surface area (Å²) in [5.41, 5.74) is 9.07. The number of nitrogens with zero attached hydrogens (tertiary/aromatic N) is 3. The van der Waals surface area contributed by atoms with Crippen LogP contribution in [0.25, 0.3) is 0 Å². The highest BCUT2D eigenvalue weighted by Gasteiger charge is 2.10. The molecule has 8 heteroatoms. The van der Waals surface area contributed by atoms with Crippen molar-refractivity contribution in [1.29, 1.82) is 0 Å². The first-order chi connectivity index (χ1) is 6.00. The molecule has 72 valence electrons. The largest absolute Gasteiger partial charge is 0.422 e. The summed E-state index contributed by atoms with van der Waals surface area (Å²) in [5, 5.41) is 18.0. The van der Waals surface area contributed by atoms with E-state index in [2.05, 4.69) is 4.99 Å². The van der Waals surface area contributed by atoms with Crippen LogP contribution in [0.1, 0.15) is 0 Å². The van der Waals surface area contributed by atoms with Gasteiger partial charge in [0, 0.05) is 7.05 Å². The highest BCUT2D eigenvalue weighted by Crippen LogP contribution is 2.01. The van der Waals surface area contributed by atoms with Crippen molar-refractivity contribution in [2.45, 2.75) is 0 Å². The van der Waals surface area contributed by atoms with E-state index in [1.807, 2.05) is 0 Å². The average molecular weight is 187 g/mol. The van der Waals surface area contributed by atoms with Gasteiger partial charge in [0.05, 0.1) is 0 Å². The second-order valence-electron chi connectivity index (χ2n) is 2.25. The normalized spacial score (nSPS) is 11.9. The molecule has 0 bridgehead atoms. The van der Waals surface area contributed by atoms with Gasteiger partial charge in [0.15, 0.2) is 11.3 Å². The number of hydrogen-bond donors (Lipinski definition) is 4. The molecule has 0 aliphatic carbocycles. The molecular formula is C5H9N5O3. The second-order valence-corrected chi connectivity index (χ2v) is 2.25. The number of hydrogen-bond acceptors (Lipinski definition) is 6.